The predicted molar refractivity (Wildman–Crippen MR) is 57.2 cm³/mol. The van der Waals surface area contributed by atoms with Crippen molar-refractivity contribution in [2.45, 2.75) is 11.3 Å². The number of hydrogen-bond acceptors (Lipinski definition) is 0. The van der Waals surface area contributed by atoms with Crippen LogP contribution in [0.2, 0.25) is 0 Å². The normalized spacial score (nSPS) is 26.0. The molecule has 0 aliphatic heterocycles. The van der Waals surface area contributed by atoms with Crippen molar-refractivity contribution in [3.05, 3.63) is 60.0 Å². The van der Waals surface area contributed by atoms with Crippen LogP contribution >= 0.6 is 11.6 Å². The lowest BCUT2D eigenvalue weighted by molar-refractivity contribution is 0.606. The van der Waals surface area contributed by atoms with Gasteiger partial charge in [0.2, 0.25) is 0 Å². The first-order chi connectivity index (χ1) is 6.77. The van der Waals surface area contributed by atoms with Crippen molar-refractivity contribution in [2.24, 2.45) is 0 Å². The Labute approximate surface area is 87.7 Å². The summed E-state index contributed by atoms with van der Waals surface area (Å²) in [6.45, 7) is 0. The van der Waals surface area contributed by atoms with Crippen LogP contribution in [-0.2, 0) is 0 Å². The van der Waals surface area contributed by atoms with Crippen LogP contribution in [0.25, 0.3) is 0 Å². The summed E-state index contributed by atoms with van der Waals surface area (Å²) in [4.78, 5) is 0. The largest absolute Gasteiger partial charge is 0.210 e. The van der Waals surface area contributed by atoms with Gasteiger partial charge in [-0.25, -0.2) is 4.39 Å². The van der Waals surface area contributed by atoms with Gasteiger partial charge in [-0.05, 0) is 11.6 Å². The maximum Gasteiger partial charge on any atom is 0.119 e. The molecule has 0 saturated heterocycles. The first kappa shape index (κ1) is 9.47. The van der Waals surface area contributed by atoms with Gasteiger partial charge in [-0.2, -0.15) is 0 Å². The predicted octanol–water partition coefficient (Wildman–Crippen LogP) is 3.80. The summed E-state index contributed by atoms with van der Waals surface area (Å²) in [7, 11) is 0. The number of rotatable bonds is 1. The summed E-state index contributed by atoms with van der Waals surface area (Å²) < 4.78 is 13.2. The van der Waals surface area contributed by atoms with E-state index in [4.69, 9.17) is 11.6 Å². The third kappa shape index (κ3) is 1.88. The van der Waals surface area contributed by atoms with E-state index in [1.165, 1.54) is 0 Å². The first-order valence-corrected chi connectivity index (χ1v) is 4.95. The molecule has 0 aromatic heterocycles. The number of hydrogen-bond donors (Lipinski definition) is 0. The molecule has 0 heterocycles. The number of allylic oxidation sites excluding steroid dienone is 4. The zero-order valence-corrected chi connectivity index (χ0v) is 8.29. The SMILES string of the molecule is FC1=CC(c2ccccc2)C=CC1Cl. The molecule has 1 aliphatic rings. The second-order valence-electron chi connectivity index (χ2n) is 3.27. The molecule has 72 valence electrons. The zero-order valence-electron chi connectivity index (χ0n) is 7.53. The van der Waals surface area contributed by atoms with E-state index in [1.807, 2.05) is 36.4 Å². The lowest BCUT2D eigenvalue weighted by Crippen LogP contribution is -2.04. The Morgan fingerprint density at radius 3 is 2.43 bits per heavy atom. The van der Waals surface area contributed by atoms with Crippen LogP contribution in [0.5, 0.6) is 0 Å². The fraction of sp³-hybridized carbons (Fsp3) is 0.167. The van der Waals surface area contributed by atoms with E-state index in [9.17, 15) is 4.39 Å². The maximum atomic E-state index is 13.2. The Kier molecular flexibility index (Phi) is 2.69. The Bertz CT molecular complexity index is 367. The van der Waals surface area contributed by atoms with Gasteiger partial charge in [-0.3, -0.25) is 0 Å². The molecule has 2 unspecified atom stereocenters. The Morgan fingerprint density at radius 1 is 1.07 bits per heavy atom. The number of benzene rings is 1. The highest BCUT2D eigenvalue weighted by molar-refractivity contribution is 6.23. The average molecular weight is 209 g/mol. The first-order valence-electron chi connectivity index (χ1n) is 4.52. The molecule has 0 N–H and O–H groups in total. The van der Waals surface area contributed by atoms with Gasteiger partial charge in [-0.1, -0.05) is 42.5 Å². The van der Waals surface area contributed by atoms with Gasteiger partial charge in [0, 0.05) is 5.92 Å². The molecular weight excluding hydrogens is 199 g/mol. The molecule has 1 aliphatic carbocycles. The highest BCUT2D eigenvalue weighted by atomic mass is 35.5. The van der Waals surface area contributed by atoms with Gasteiger partial charge in [0.05, 0.1) is 0 Å². The summed E-state index contributed by atoms with van der Waals surface area (Å²) in [5.74, 6) is -0.241. The third-order valence-corrected chi connectivity index (χ3v) is 2.63. The van der Waals surface area contributed by atoms with Crippen LogP contribution in [0.15, 0.2) is 54.4 Å². The van der Waals surface area contributed by atoms with E-state index < -0.39 is 5.38 Å². The van der Waals surface area contributed by atoms with E-state index in [0.29, 0.717) is 0 Å². The fourth-order valence-electron chi connectivity index (χ4n) is 1.51. The molecule has 0 radical (unpaired) electrons. The molecule has 0 fully saturated rings. The molecule has 0 amide bonds. The third-order valence-electron chi connectivity index (χ3n) is 2.27. The molecule has 0 spiro atoms. The van der Waals surface area contributed by atoms with Crippen molar-refractivity contribution in [1.29, 1.82) is 0 Å². The summed E-state index contributed by atoms with van der Waals surface area (Å²) in [5.41, 5.74) is 1.09. The van der Waals surface area contributed by atoms with E-state index in [2.05, 4.69) is 0 Å². The van der Waals surface area contributed by atoms with E-state index in [-0.39, 0.29) is 11.7 Å². The summed E-state index contributed by atoms with van der Waals surface area (Å²) in [6.07, 6.45) is 5.18. The summed E-state index contributed by atoms with van der Waals surface area (Å²) >= 11 is 5.69. The minimum absolute atomic E-state index is 0.0196. The van der Waals surface area contributed by atoms with Crippen LogP contribution in [0.1, 0.15) is 11.5 Å². The van der Waals surface area contributed by atoms with Crippen molar-refractivity contribution < 1.29 is 4.39 Å². The summed E-state index contributed by atoms with van der Waals surface area (Å²) in [6, 6.07) is 9.80. The van der Waals surface area contributed by atoms with Crippen LogP contribution in [0.4, 0.5) is 4.39 Å². The molecule has 14 heavy (non-hydrogen) atoms. The average Bonchev–Trinajstić information content (AvgIpc) is 2.23. The highest BCUT2D eigenvalue weighted by Crippen LogP contribution is 2.28. The fourth-order valence-corrected chi connectivity index (χ4v) is 1.67. The van der Waals surface area contributed by atoms with E-state index in [1.54, 1.807) is 12.2 Å². The maximum absolute atomic E-state index is 13.2. The molecule has 2 rings (SSSR count). The van der Waals surface area contributed by atoms with Crippen molar-refractivity contribution in [1.82, 2.24) is 0 Å². The van der Waals surface area contributed by atoms with Crippen LogP contribution in [0, 0.1) is 0 Å². The smallest absolute Gasteiger partial charge is 0.119 e. The Morgan fingerprint density at radius 2 is 1.79 bits per heavy atom. The minimum atomic E-state index is -0.588. The molecule has 2 atom stereocenters. The van der Waals surface area contributed by atoms with E-state index >= 15 is 0 Å². The topological polar surface area (TPSA) is 0 Å². The van der Waals surface area contributed by atoms with E-state index in [0.717, 1.165) is 5.56 Å². The second kappa shape index (κ2) is 3.97. The van der Waals surface area contributed by atoms with Gasteiger partial charge in [0.15, 0.2) is 0 Å². The zero-order chi connectivity index (χ0) is 9.97. The van der Waals surface area contributed by atoms with Gasteiger partial charge in [0.25, 0.3) is 0 Å². The lowest BCUT2D eigenvalue weighted by atomic mass is 9.94. The molecular formula is C12H10ClF. The Hall–Kier alpha value is -1.08. The van der Waals surface area contributed by atoms with Crippen LogP contribution < -0.4 is 0 Å². The van der Waals surface area contributed by atoms with Crippen molar-refractivity contribution >= 4 is 11.6 Å². The van der Waals surface area contributed by atoms with Crippen LogP contribution in [0.3, 0.4) is 0 Å². The molecule has 1 aromatic carbocycles. The molecule has 2 heteroatoms. The van der Waals surface area contributed by atoms with Crippen molar-refractivity contribution in [3.8, 4) is 0 Å². The minimum Gasteiger partial charge on any atom is -0.210 e. The van der Waals surface area contributed by atoms with Gasteiger partial charge >= 0.3 is 0 Å². The molecule has 0 nitrogen and oxygen atoms in total. The highest BCUT2D eigenvalue weighted by Gasteiger charge is 2.16. The molecule has 0 bridgehead atoms. The Balaban J connectivity index is 2.26. The number of alkyl halides is 1. The standard InChI is InChI=1S/C12H10ClF/c13-11-7-6-10(8-12(11)14)9-4-2-1-3-5-9/h1-8,10-11H. The van der Waals surface area contributed by atoms with Crippen molar-refractivity contribution in [3.63, 3.8) is 0 Å². The van der Waals surface area contributed by atoms with Gasteiger partial charge in [0.1, 0.15) is 11.2 Å². The second-order valence-corrected chi connectivity index (χ2v) is 3.74. The number of halogens is 2. The van der Waals surface area contributed by atoms with Crippen molar-refractivity contribution in [2.75, 3.05) is 0 Å². The molecule has 0 saturated carbocycles. The van der Waals surface area contributed by atoms with Crippen LogP contribution in [-0.4, -0.2) is 5.38 Å². The summed E-state index contributed by atoms with van der Waals surface area (Å²) in [5, 5.41) is -0.588. The quantitative estimate of drug-likeness (QED) is 0.487. The van der Waals surface area contributed by atoms with Gasteiger partial charge < -0.3 is 0 Å². The van der Waals surface area contributed by atoms with Gasteiger partial charge in [-0.15, -0.1) is 11.6 Å². The lowest BCUT2D eigenvalue weighted by Gasteiger charge is -2.15. The molecule has 1 aromatic rings. The monoisotopic (exact) mass is 208 g/mol.